The Morgan fingerprint density at radius 2 is 1.91 bits per heavy atom. The molecule has 2 aromatic rings. The molecule has 0 fully saturated rings. The lowest BCUT2D eigenvalue weighted by Gasteiger charge is -2.19. The molecule has 0 aliphatic rings. The van der Waals surface area contributed by atoms with Gasteiger partial charge in [0.15, 0.2) is 0 Å². The van der Waals surface area contributed by atoms with E-state index in [1.807, 2.05) is 54.4 Å². The van der Waals surface area contributed by atoms with Crippen LogP contribution >= 0.6 is 0 Å². The van der Waals surface area contributed by atoms with Crippen molar-refractivity contribution in [2.24, 2.45) is 5.92 Å². The quantitative estimate of drug-likeness (QED) is 0.885. The lowest BCUT2D eigenvalue weighted by molar-refractivity contribution is 0.0947. The molecule has 0 bridgehead atoms. The number of rotatable bonds is 6. The summed E-state index contributed by atoms with van der Waals surface area (Å²) >= 11 is 0. The minimum absolute atomic E-state index is 0.121. The van der Waals surface area contributed by atoms with Gasteiger partial charge in [0.25, 0.3) is 5.91 Å². The second-order valence-electron chi connectivity index (χ2n) is 5.73. The molecule has 0 aliphatic carbocycles. The van der Waals surface area contributed by atoms with Crippen LogP contribution in [0.3, 0.4) is 0 Å². The number of para-hydroxylation sites is 1. The molecule has 0 saturated carbocycles. The van der Waals surface area contributed by atoms with Crippen molar-refractivity contribution in [3.05, 3.63) is 54.4 Å². The number of anilines is 2. The van der Waals surface area contributed by atoms with Crippen molar-refractivity contribution in [2.75, 3.05) is 18.5 Å². The zero-order valence-electron chi connectivity index (χ0n) is 13.4. The highest BCUT2D eigenvalue weighted by atomic mass is 16.1. The highest BCUT2D eigenvalue weighted by Gasteiger charge is 2.10. The maximum absolute atomic E-state index is 12.1. The first-order valence-electron chi connectivity index (χ1n) is 7.61. The molecule has 2 rings (SSSR count). The van der Waals surface area contributed by atoms with Crippen molar-refractivity contribution in [2.45, 2.75) is 20.3 Å². The standard InChI is InChI=1S/C18H23N3O/c1-14(2)9-11-20-18(22)17-13-16(10-12-19-17)21(3)15-7-5-4-6-8-15/h4-8,10,12-14H,9,11H2,1-3H3,(H,20,22). The first kappa shape index (κ1) is 16.0. The maximum atomic E-state index is 12.1. The van der Waals surface area contributed by atoms with Crippen LogP contribution in [0.1, 0.15) is 30.8 Å². The summed E-state index contributed by atoms with van der Waals surface area (Å²) in [6, 6.07) is 13.7. The topological polar surface area (TPSA) is 45.2 Å². The van der Waals surface area contributed by atoms with E-state index in [1.165, 1.54) is 0 Å². The molecule has 0 radical (unpaired) electrons. The van der Waals surface area contributed by atoms with Gasteiger partial charge in [-0.25, -0.2) is 0 Å². The van der Waals surface area contributed by atoms with Crippen LogP contribution in [0.4, 0.5) is 11.4 Å². The summed E-state index contributed by atoms with van der Waals surface area (Å²) in [7, 11) is 1.98. The SMILES string of the molecule is CC(C)CCNC(=O)c1cc(N(C)c2ccccc2)ccn1. The Bertz CT molecular complexity index is 611. The van der Waals surface area contributed by atoms with Crippen LogP contribution in [-0.2, 0) is 0 Å². The molecule has 0 spiro atoms. The minimum atomic E-state index is -0.121. The van der Waals surface area contributed by atoms with E-state index in [-0.39, 0.29) is 5.91 Å². The van der Waals surface area contributed by atoms with Crippen LogP contribution in [0.2, 0.25) is 0 Å². The van der Waals surface area contributed by atoms with Crippen molar-refractivity contribution in [3.8, 4) is 0 Å². The molecule has 0 atom stereocenters. The van der Waals surface area contributed by atoms with E-state index in [2.05, 4.69) is 24.1 Å². The number of benzene rings is 1. The molecular weight excluding hydrogens is 274 g/mol. The fourth-order valence-electron chi connectivity index (χ4n) is 2.12. The smallest absolute Gasteiger partial charge is 0.269 e. The number of amides is 1. The van der Waals surface area contributed by atoms with Crippen LogP contribution in [0.5, 0.6) is 0 Å². The predicted octanol–water partition coefficient (Wildman–Crippen LogP) is 3.63. The molecule has 1 amide bonds. The first-order chi connectivity index (χ1) is 10.6. The molecule has 0 saturated heterocycles. The summed E-state index contributed by atoms with van der Waals surface area (Å²) in [5.41, 5.74) is 2.46. The molecule has 0 unspecified atom stereocenters. The normalized spacial score (nSPS) is 10.5. The minimum Gasteiger partial charge on any atom is -0.351 e. The highest BCUT2D eigenvalue weighted by Crippen LogP contribution is 2.22. The summed E-state index contributed by atoms with van der Waals surface area (Å²) in [6.07, 6.45) is 2.64. The third-order valence-electron chi connectivity index (χ3n) is 3.51. The zero-order valence-corrected chi connectivity index (χ0v) is 13.4. The van der Waals surface area contributed by atoms with Gasteiger partial charge < -0.3 is 10.2 Å². The summed E-state index contributed by atoms with van der Waals surface area (Å²) in [4.78, 5) is 18.4. The van der Waals surface area contributed by atoms with Gasteiger partial charge in [-0.15, -0.1) is 0 Å². The molecule has 1 aromatic heterocycles. The van der Waals surface area contributed by atoms with Crippen LogP contribution in [0, 0.1) is 5.92 Å². The fraction of sp³-hybridized carbons (Fsp3) is 0.333. The molecule has 4 heteroatoms. The lowest BCUT2D eigenvalue weighted by Crippen LogP contribution is -2.26. The molecule has 116 valence electrons. The first-order valence-corrected chi connectivity index (χ1v) is 7.61. The van der Waals surface area contributed by atoms with E-state index < -0.39 is 0 Å². The molecular formula is C18H23N3O. The molecule has 1 N–H and O–H groups in total. The largest absolute Gasteiger partial charge is 0.351 e. The Labute approximate surface area is 132 Å². The van der Waals surface area contributed by atoms with Crippen LogP contribution in [0.25, 0.3) is 0 Å². The predicted molar refractivity (Wildman–Crippen MR) is 90.5 cm³/mol. The van der Waals surface area contributed by atoms with Gasteiger partial charge in [0, 0.05) is 31.2 Å². The number of carbonyl (C=O) groups is 1. The van der Waals surface area contributed by atoms with Crippen LogP contribution in [0.15, 0.2) is 48.7 Å². The van der Waals surface area contributed by atoms with Crippen molar-refractivity contribution in [1.82, 2.24) is 10.3 Å². The maximum Gasteiger partial charge on any atom is 0.269 e. The van der Waals surface area contributed by atoms with Gasteiger partial charge >= 0.3 is 0 Å². The van der Waals surface area contributed by atoms with E-state index in [1.54, 1.807) is 6.20 Å². The van der Waals surface area contributed by atoms with Crippen molar-refractivity contribution >= 4 is 17.3 Å². The van der Waals surface area contributed by atoms with E-state index in [9.17, 15) is 4.79 Å². The molecule has 1 heterocycles. The Kier molecular flexibility index (Phi) is 5.53. The van der Waals surface area contributed by atoms with E-state index in [0.29, 0.717) is 18.2 Å². The fourth-order valence-corrected chi connectivity index (χ4v) is 2.12. The Balaban J connectivity index is 2.08. The Morgan fingerprint density at radius 3 is 2.59 bits per heavy atom. The second-order valence-corrected chi connectivity index (χ2v) is 5.73. The third kappa shape index (κ3) is 4.32. The Morgan fingerprint density at radius 1 is 1.18 bits per heavy atom. The molecule has 4 nitrogen and oxygen atoms in total. The van der Waals surface area contributed by atoms with E-state index >= 15 is 0 Å². The number of aromatic nitrogens is 1. The van der Waals surface area contributed by atoms with E-state index in [4.69, 9.17) is 0 Å². The third-order valence-corrected chi connectivity index (χ3v) is 3.51. The van der Waals surface area contributed by atoms with Crippen molar-refractivity contribution in [3.63, 3.8) is 0 Å². The van der Waals surface area contributed by atoms with Crippen molar-refractivity contribution in [1.29, 1.82) is 0 Å². The number of nitrogens with one attached hydrogen (secondary N) is 1. The van der Waals surface area contributed by atoms with Gasteiger partial charge in [-0.3, -0.25) is 9.78 Å². The zero-order chi connectivity index (χ0) is 15.9. The van der Waals surface area contributed by atoms with Gasteiger partial charge in [0.2, 0.25) is 0 Å². The summed E-state index contributed by atoms with van der Waals surface area (Å²) in [5.74, 6) is 0.452. The van der Waals surface area contributed by atoms with Gasteiger partial charge in [-0.05, 0) is 36.6 Å². The lowest BCUT2D eigenvalue weighted by atomic mass is 10.1. The number of hydrogen-bond donors (Lipinski definition) is 1. The monoisotopic (exact) mass is 297 g/mol. The van der Waals surface area contributed by atoms with Gasteiger partial charge in [-0.1, -0.05) is 32.0 Å². The number of hydrogen-bond acceptors (Lipinski definition) is 3. The van der Waals surface area contributed by atoms with Crippen LogP contribution in [-0.4, -0.2) is 24.5 Å². The second kappa shape index (κ2) is 7.59. The molecule has 0 aliphatic heterocycles. The number of nitrogens with zero attached hydrogens (tertiary/aromatic N) is 2. The average Bonchev–Trinajstić information content (AvgIpc) is 2.54. The molecule has 22 heavy (non-hydrogen) atoms. The number of carbonyl (C=O) groups excluding carboxylic acids is 1. The van der Waals surface area contributed by atoms with Crippen LogP contribution < -0.4 is 10.2 Å². The van der Waals surface area contributed by atoms with E-state index in [0.717, 1.165) is 17.8 Å². The highest BCUT2D eigenvalue weighted by molar-refractivity contribution is 5.93. The Hall–Kier alpha value is -2.36. The average molecular weight is 297 g/mol. The number of pyridine rings is 1. The van der Waals surface area contributed by atoms with Crippen molar-refractivity contribution < 1.29 is 4.79 Å². The summed E-state index contributed by atoms with van der Waals surface area (Å²) in [6.45, 7) is 4.95. The van der Waals surface area contributed by atoms with Gasteiger partial charge in [0.1, 0.15) is 5.69 Å². The van der Waals surface area contributed by atoms with Gasteiger partial charge in [0.05, 0.1) is 0 Å². The summed E-state index contributed by atoms with van der Waals surface area (Å²) < 4.78 is 0. The summed E-state index contributed by atoms with van der Waals surface area (Å²) in [5, 5.41) is 2.92. The van der Waals surface area contributed by atoms with Gasteiger partial charge in [-0.2, -0.15) is 0 Å². The molecule has 1 aromatic carbocycles.